The van der Waals surface area contributed by atoms with Gasteiger partial charge >= 0.3 is 0 Å². The van der Waals surface area contributed by atoms with Crippen molar-refractivity contribution in [3.05, 3.63) is 12.7 Å². The molecule has 0 bridgehead atoms. The molecular formula is C11H15N5O4. The standard InChI is InChI=1S/C11H15N5O4/c12-9-8-10(14-4-13-9)16(5-15-8)11(3-18)1-6(19)7(2-17)20-11/h4-7,17-19H,1-3H2,(H2,12,13,14)/t6-,7+,11-/m0/s1. The third-order valence-corrected chi connectivity index (χ3v) is 3.56. The Balaban J connectivity index is 2.11. The molecule has 0 radical (unpaired) electrons. The first-order valence-electron chi connectivity index (χ1n) is 6.13. The van der Waals surface area contributed by atoms with Crippen molar-refractivity contribution in [2.24, 2.45) is 0 Å². The third-order valence-electron chi connectivity index (χ3n) is 3.56. The van der Waals surface area contributed by atoms with Crippen LogP contribution in [0.25, 0.3) is 11.2 Å². The molecule has 0 unspecified atom stereocenters. The molecule has 3 atom stereocenters. The van der Waals surface area contributed by atoms with Gasteiger partial charge in [0, 0.05) is 6.42 Å². The number of aromatic nitrogens is 4. The van der Waals surface area contributed by atoms with E-state index < -0.39 is 24.5 Å². The van der Waals surface area contributed by atoms with E-state index in [2.05, 4.69) is 15.0 Å². The first-order chi connectivity index (χ1) is 9.61. The fraction of sp³-hybridized carbons (Fsp3) is 0.545. The van der Waals surface area contributed by atoms with Crippen LogP contribution >= 0.6 is 0 Å². The maximum Gasteiger partial charge on any atom is 0.173 e. The fourth-order valence-corrected chi connectivity index (χ4v) is 2.51. The van der Waals surface area contributed by atoms with E-state index >= 15 is 0 Å². The lowest BCUT2D eigenvalue weighted by Gasteiger charge is -2.28. The highest BCUT2D eigenvalue weighted by Gasteiger charge is 2.47. The van der Waals surface area contributed by atoms with Crippen molar-refractivity contribution >= 4 is 17.0 Å². The molecule has 2 aromatic rings. The van der Waals surface area contributed by atoms with Crippen molar-refractivity contribution in [1.82, 2.24) is 19.5 Å². The van der Waals surface area contributed by atoms with Gasteiger partial charge in [0.15, 0.2) is 17.2 Å². The molecule has 3 rings (SSSR count). The van der Waals surface area contributed by atoms with E-state index in [9.17, 15) is 15.3 Å². The van der Waals surface area contributed by atoms with Gasteiger partial charge in [-0.3, -0.25) is 4.57 Å². The number of nitrogens with two attached hydrogens (primary N) is 1. The summed E-state index contributed by atoms with van der Waals surface area (Å²) in [6.07, 6.45) is 1.18. The summed E-state index contributed by atoms with van der Waals surface area (Å²) in [5.74, 6) is 0.221. The second-order valence-electron chi connectivity index (χ2n) is 4.76. The van der Waals surface area contributed by atoms with Gasteiger partial charge in [-0.25, -0.2) is 15.0 Å². The number of imidazole rings is 1. The summed E-state index contributed by atoms with van der Waals surface area (Å²) in [5, 5.41) is 28.8. The zero-order chi connectivity index (χ0) is 14.3. The van der Waals surface area contributed by atoms with Gasteiger partial charge in [-0.15, -0.1) is 0 Å². The highest BCUT2D eigenvalue weighted by molar-refractivity contribution is 5.81. The molecular weight excluding hydrogens is 266 g/mol. The average molecular weight is 281 g/mol. The van der Waals surface area contributed by atoms with Crippen LogP contribution in [0.5, 0.6) is 0 Å². The van der Waals surface area contributed by atoms with Gasteiger partial charge in [0.1, 0.15) is 17.9 Å². The number of aliphatic hydroxyl groups is 3. The van der Waals surface area contributed by atoms with Crippen molar-refractivity contribution in [3.63, 3.8) is 0 Å². The Morgan fingerprint density at radius 3 is 2.85 bits per heavy atom. The Kier molecular flexibility index (Phi) is 3.05. The van der Waals surface area contributed by atoms with Gasteiger partial charge < -0.3 is 25.8 Å². The van der Waals surface area contributed by atoms with E-state index in [-0.39, 0.29) is 18.8 Å². The van der Waals surface area contributed by atoms with Gasteiger partial charge in [0.2, 0.25) is 0 Å². The number of fused-ring (bicyclic) bond motifs is 1. The van der Waals surface area contributed by atoms with Crippen molar-refractivity contribution in [2.45, 2.75) is 24.4 Å². The van der Waals surface area contributed by atoms with Gasteiger partial charge in [0.05, 0.1) is 25.6 Å². The number of nitrogens with zero attached hydrogens (tertiary/aromatic N) is 4. The lowest BCUT2D eigenvalue weighted by atomic mass is 10.1. The van der Waals surface area contributed by atoms with Crippen LogP contribution in [0.15, 0.2) is 12.7 Å². The number of anilines is 1. The van der Waals surface area contributed by atoms with Crippen LogP contribution in [-0.4, -0.2) is 60.3 Å². The van der Waals surface area contributed by atoms with Crippen molar-refractivity contribution in [2.75, 3.05) is 18.9 Å². The Labute approximate surface area is 113 Å². The molecule has 1 saturated heterocycles. The van der Waals surface area contributed by atoms with Crippen LogP contribution in [0.1, 0.15) is 6.42 Å². The molecule has 1 aliphatic rings. The largest absolute Gasteiger partial charge is 0.394 e. The molecule has 0 aliphatic carbocycles. The molecule has 1 aliphatic heterocycles. The van der Waals surface area contributed by atoms with Crippen LogP contribution in [0.2, 0.25) is 0 Å². The minimum Gasteiger partial charge on any atom is -0.394 e. The van der Waals surface area contributed by atoms with Gasteiger partial charge in [-0.1, -0.05) is 0 Å². The number of rotatable bonds is 3. The van der Waals surface area contributed by atoms with Gasteiger partial charge in [0.25, 0.3) is 0 Å². The molecule has 0 spiro atoms. The quantitative estimate of drug-likeness (QED) is 0.516. The monoisotopic (exact) mass is 281 g/mol. The second-order valence-corrected chi connectivity index (χ2v) is 4.76. The number of ether oxygens (including phenoxy) is 1. The number of nitrogen functional groups attached to an aromatic ring is 1. The molecule has 2 aromatic heterocycles. The van der Waals surface area contributed by atoms with Crippen LogP contribution in [-0.2, 0) is 10.5 Å². The number of aliphatic hydroxyl groups excluding tert-OH is 3. The predicted octanol–water partition coefficient (Wildman–Crippen LogP) is -1.80. The summed E-state index contributed by atoms with van der Waals surface area (Å²) in [5.41, 5.74) is 5.29. The van der Waals surface area contributed by atoms with Crippen molar-refractivity contribution in [1.29, 1.82) is 0 Å². The zero-order valence-electron chi connectivity index (χ0n) is 10.5. The summed E-state index contributed by atoms with van der Waals surface area (Å²) in [6.45, 7) is -0.734. The average Bonchev–Trinajstić information content (AvgIpc) is 3.01. The number of hydrogen-bond donors (Lipinski definition) is 4. The van der Waals surface area contributed by atoms with Crippen LogP contribution in [0.3, 0.4) is 0 Å². The second kappa shape index (κ2) is 4.63. The van der Waals surface area contributed by atoms with Crippen LogP contribution < -0.4 is 5.73 Å². The molecule has 0 amide bonds. The molecule has 0 saturated carbocycles. The molecule has 0 aromatic carbocycles. The lowest BCUT2D eigenvalue weighted by Crippen LogP contribution is -2.38. The van der Waals surface area contributed by atoms with E-state index in [4.69, 9.17) is 10.5 Å². The highest BCUT2D eigenvalue weighted by Crippen LogP contribution is 2.36. The van der Waals surface area contributed by atoms with Crippen LogP contribution in [0, 0.1) is 0 Å². The Bertz CT molecular complexity index is 632. The maximum atomic E-state index is 9.89. The highest BCUT2D eigenvalue weighted by atomic mass is 16.6. The first-order valence-corrected chi connectivity index (χ1v) is 6.13. The molecule has 3 heterocycles. The van der Waals surface area contributed by atoms with Gasteiger partial charge in [-0.2, -0.15) is 0 Å². The minimum atomic E-state index is -1.22. The van der Waals surface area contributed by atoms with E-state index in [1.165, 1.54) is 17.2 Å². The SMILES string of the molecule is Nc1ncnc2c1ncn2[C@@]1(CO)C[C@H](O)[C@@H](CO)O1. The summed E-state index contributed by atoms with van der Waals surface area (Å²) < 4.78 is 7.14. The topological polar surface area (TPSA) is 140 Å². The molecule has 20 heavy (non-hydrogen) atoms. The van der Waals surface area contributed by atoms with Gasteiger partial charge in [-0.05, 0) is 0 Å². The number of hydrogen-bond acceptors (Lipinski definition) is 8. The van der Waals surface area contributed by atoms with Crippen LogP contribution in [0.4, 0.5) is 5.82 Å². The summed E-state index contributed by atoms with van der Waals surface area (Å²) in [7, 11) is 0. The zero-order valence-corrected chi connectivity index (χ0v) is 10.5. The first kappa shape index (κ1) is 13.2. The van der Waals surface area contributed by atoms with E-state index in [0.29, 0.717) is 11.2 Å². The Hall–Kier alpha value is -1.81. The maximum absolute atomic E-state index is 9.89. The molecule has 108 valence electrons. The van der Waals surface area contributed by atoms with E-state index in [1.54, 1.807) is 0 Å². The summed E-state index contributed by atoms with van der Waals surface area (Å²) in [4.78, 5) is 12.0. The van der Waals surface area contributed by atoms with E-state index in [0.717, 1.165) is 0 Å². The predicted molar refractivity (Wildman–Crippen MR) is 67.4 cm³/mol. The summed E-state index contributed by atoms with van der Waals surface area (Å²) in [6, 6.07) is 0. The third kappa shape index (κ3) is 1.75. The van der Waals surface area contributed by atoms with Crippen molar-refractivity contribution in [3.8, 4) is 0 Å². The molecule has 1 fully saturated rings. The van der Waals surface area contributed by atoms with Crippen molar-refractivity contribution < 1.29 is 20.1 Å². The molecule has 9 heteroatoms. The minimum absolute atomic E-state index is 0.115. The Morgan fingerprint density at radius 1 is 1.40 bits per heavy atom. The Morgan fingerprint density at radius 2 is 2.20 bits per heavy atom. The lowest BCUT2D eigenvalue weighted by molar-refractivity contribution is -0.138. The molecule has 9 nitrogen and oxygen atoms in total. The summed E-state index contributed by atoms with van der Waals surface area (Å²) >= 11 is 0. The normalized spacial score (nSPS) is 30.1. The fourth-order valence-electron chi connectivity index (χ4n) is 2.51. The smallest absolute Gasteiger partial charge is 0.173 e. The van der Waals surface area contributed by atoms with E-state index in [1.807, 2.05) is 0 Å². The molecule has 5 N–H and O–H groups in total.